The fraction of sp³-hybridized carbons (Fsp3) is 0.462. The lowest BCUT2D eigenvalue weighted by Crippen LogP contribution is -2.52. The first-order chi connectivity index (χ1) is 8.10. The summed E-state index contributed by atoms with van der Waals surface area (Å²) in [4.78, 5) is 11.7. The molecule has 4 heteroatoms. The molecule has 0 saturated carbocycles. The Balaban J connectivity index is 1.76. The van der Waals surface area contributed by atoms with Gasteiger partial charge in [0.15, 0.2) is 0 Å². The average Bonchev–Trinajstić information content (AvgIpc) is 2.28. The van der Waals surface area contributed by atoms with E-state index in [-0.39, 0.29) is 17.1 Å². The molecule has 0 aromatic heterocycles. The quantitative estimate of drug-likeness (QED) is 0.862. The Morgan fingerprint density at radius 2 is 2.06 bits per heavy atom. The second-order valence-electron chi connectivity index (χ2n) is 4.69. The van der Waals surface area contributed by atoms with Gasteiger partial charge in [-0.05, 0) is 31.0 Å². The van der Waals surface area contributed by atoms with Crippen LogP contribution in [0.25, 0.3) is 0 Å². The molecule has 0 bridgehead atoms. The fourth-order valence-corrected chi connectivity index (χ4v) is 1.72. The standard InChI is InChI=1S/C13H16FNO2/c1-13(8-17-9-13)12(16)15-7-6-10-2-4-11(14)5-3-10/h2-5H,6-9H2,1H3,(H,15,16). The van der Waals surface area contributed by atoms with Crippen LogP contribution in [0.5, 0.6) is 0 Å². The molecule has 0 aliphatic carbocycles. The first-order valence-corrected chi connectivity index (χ1v) is 5.71. The molecule has 3 nitrogen and oxygen atoms in total. The SMILES string of the molecule is CC1(C(=O)NCCc2ccc(F)cc2)COC1. The molecule has 0 spiro atoms. The number of benzene rings is 1. The van der Waals surface area contributed by atoms with Gasteiger partial charge in [-0.15, -0.1) is 0 Å². The molecule has 17 heavy (non-hydrogen) atoms. The Labute approximate surface area is 100.0 Å². The van der Waals surface area contributed by atoms with Crippen molar-refractivity contribution in [2.75, 3.05) is 19.8 Å². The average molecular weight is 237 g/mol. The van der Waals surface area contributed by atoms with Crippen LogP contribution in [0.4, 0.5) is 4.39 Å². The van der Waals surface area contributed by atoms with Gasteiger partial charge in [-0.1, -0.05) is 12.1 Å². The van der Waals surface area contributed by atoms with Crippen molar-refractivity contribution in [3.8, 4) is 0 Å². The van der Waals surface area contributed by atoms with Crippen LogP contribution in [-0.2, 0) is 16.0 Å². The summed E-state index contributed by atoms with van der Waals surface area (Å²) < 4.78 is 17.7. The number of ether oxygens (including phenoxy) is 1. The zero-order chi connectivity index (χ0) is 12.3. The van der Waals surface area contributed by atoms with E-state index in [2.05, 4.69) is 5.32 Å². The van der Waals surface area contributed by atoms with Crippen molar-refractivity contribution in [3.63, 3.8) is 0 Å². The lowest BCUT2D eigenvalue weighted by molar-refractivity contribution is -0.157. The molecule has 92 valence electrons. The van der Waals surface area contributed by atoms with E-state index in [0.29, 0.717) is 26.2 Å². The van der Waals surface area contributed by atoms with Crippen molar-refractivity contribution in [2.45, 2.75) is 13.3 Å². The molecule has 1 fully saturated rings. The largest absolute Gasteiger partial charge is 0.379 e. The van der Waals surface area contributed by atoms with Crippen molar-refractivity contribution in [1.29, 1.82) is 0 Å². The minimum Gasteiger partial charge on any atom is -0.379 e. The van der Waals surface area contributed by atoms with Gasteiger partial charge in [0.05, 0.1) is 18.6 Å². The highest BCUT2D eigenvalue weighted by atomic mass is 19.1. The van der Waals surface area contributed by atoms with Crippen LogP contribution in [0.3, 0.4) is 0 Å². The maximum atomic E-state index is 12.7. The summed E-state index contributed by atoms with van der Waals surface area (Å²) in [6.07, 6.45) is 0.711. The minimum atomic E-state index is -0.358. The van der Waals surface area contributed by atoms with Gasteiger partial charge in [-0.25, -0.2) is 4.39 Å². The third kappa shape index (κ3) is 2.82. The number of carbonyl (C=O) groups is 1. The van der Waals surface area contributed by atoms with E-state index in [1.807, 2.05) is 6.92 Å². The van der Waals surface area contributed by atoms with Crippen LogP contribution in [0.1, 0.15) is 12.5 Å². The van der Waals surface area contributed by atoms with Crippen LogP contribution in [-0.4, -0.2) is 25.7 Å². The van der Waals surface area contributed by atoms with E-state index >= 15 is 0 Å². The van der Waals surface area contributed by atoms with Crippen LogP contribution in [0, 0.1) is 11.2 Å². The second kappa shape index (κ2) is 4.84. The molecular weight excluding hydrogens is 221 g/mol. The van der Waals surface area contributed by atoms with E-state index in [4.69, 9.17) is 4.74 Å². The van der Waals surface area contributed by atoms with E-state index in [9.17, 15) is 9.18 Å². The van der Waals surface area contributed by atoms with Gasteiger partial charge >= 0.3 is 0 Å². The number of nitrogens with one attached hydrogen (secondary N) is 1. The Kier molecular flexibility index (Phi) is 3.43. The lowest BCUT2D eigenvalue weighted by Gasteiger charge is -2.36. The van der Waals surface area contributed by atoms with Crippen molar-refractivity contribution in [3.05, 3.63) is 35.6 Å². The van der Waals surface area contributed by atoms with E-state index in [1.54, 1.807) is 12.1 Å². The van der Waals surface area contributed by atoms with Crippen molar-refractivity contribution < 1.29 is 13.9 Å². The molecule has 0 unspecified atom stereocenters. The van der Waals surface area contributed by atoms with E-state index in [1.165, 1.54) is 12.1 Å². The summed E-state index contributed by atoms with van der Waals surface area (Å²) in [5, 5.41) is 2.88. The molecule has 1 aromatic carbocycles. The molecule has 0 atom stereocenters. The molecule has 1 amide bonds. The van der Waals surface area contributed by atoms with Gasteiger partial charge in [-0.3, -0.25) is 4.79 Å². The summed E-state index contributed by atoms with van der Waals surface area (Å²) >= 11 is 0. The highest BCUT2D eigenvalue weighted by Crippen LogP contribution is 2.26. The van der Waals surface area contributed by atoms with Gasteiger partial charge in [-0.2, -0.15) is 0 Å². The number of hydrogen-bond donors (Lipinski definition) is 1. The Hall–Kier alpha value is -1.42. The van der Waals surface area contributed by atoms with Gasteiger partial charge in [0.1, 0.15) is 5.82 Å². The Morgan fingerprint density at radius 1 is 1.41 bits per heavy atom. The number of halogens is 1. The highest BCUT2D eigenvalue weighted by Gasteiger charge is 2.40. The third-order valence-electron chi connectivity index (χ3n) is 3.00. The summed E-state index contributed by atoms with van der Waals surface area (Å²) in [7, 11) is 0. The van der Waals surface area contributed by atoms with Crippen LogP contribution in [0.2, 0.25) is 0 Å². The fourth-order valence-electron chi connectivity index (χ4n) is 1.72. The molecule has 0 radical (unpaired) electrons. The first-order valence-electron chi connectivity index (χ1n) is 5.71. The molecule has 1 N–H and O–H groups in total. The van der Waals surface area contributed by atoms with Crippen molar-refractivity contribution in [2.24, 2.45) is 5.41 Å². The maximum Gasteiger partial charge on any atom is 0.230 e. The second-order valence-corrected chi connectivity index (χ2v) is 4.69. The van der Waals surface area contributed by atoms with Gasteiger partial charge in [0, 0.05) is 6.54 Å². The Bertz CT molecular complexity index is 398. The van der Waals surface area contributed by atoms with Crippen molar-refractivity contribution >= 4 is 5.91 Å². The smallest absolute Gasteiger partial charge is 0.230 e. The number of amides is 1. The monoisotopic (exact) mass is 237 g/mol. The predicted molar refractivity (Wildman–Crippen MR) is 62.0 cm³/mol. The molecule has 1 saturated heterocycles. The third-order valence-corrected chi connectivity index (χ3v) is 3.00. The zero-order valence-corrected chi connectivity index (χ0v) is 9.83. The molecule has 1 aromatic rings. The van der Waals surface area contributed by atoms with Crippen molar-refractivity contribution in [1.82, 2.24) is 5.32 Å². The number of rotatable bonds is 4. The molecule has 1 aliphatic rings. The summed E-state index contributed by atoms with van der Waals surface area (Å²) in [6, 6.07) is 6.32. The van der Waals surface area contributed by atoms with Crippen LogP contribution >= 0.6 is 0 Å². The number of hydrogen-bond acceptors (Lipinski definition) is 2. The molecule has 1 heterocycles. The molecule has 1 aliphatic heterocycles. The van der Waals surface area contributed by atoms with Crippen LogP contribution < -0.4 is 5.32 Å². The first kappa shape index (κ1) is 12.0. The molecule has 2 rings (SSSR count). The summed E-state index contributed by atoms with van der Waals surface area (Å²) in [5.41, 5.74) is 0.657. The van der Waals surface area contributed by atoms with Crippen LogP contribution in [0.15, 0.2) is 24.3 Å². The minimum absolute atomic E-state index is 0.0332. The van der Waals surface area contributed by atoms with Gasteiger partial charge in [0.2, 0.25) is 5.91 Å². The maximum absolute atomic E-state index is 12.7. The Morgan fingerprint density at radius 3 is 2.59 bits per heavy atom. The topological polar surface area (TPSA) is 38.3 Å². The number of carbonyl (C=O) groups excluding carboxylic acids is 1. The normalized spacial score (nSPS) is 17.3. The van der Waals surface area contributed by atoms with E-state index < -0.39 is 0 Å². The van der Waals surface area contributed by atoms with Gasteiger partial charge in [0.25, 0.3) is 0 Å². The molecular formula is C13H16FNO2. The summed E-state index contributed by atoms with van der Waals surface area (Å²) in [5.74, 6) is -0.206. The van der Waals surface area contributed by atoms with E-state index in [0.717, 1.165) is 5.56 Å². The highest BCUT2D eigenvalue weighted by molar-refractivity contribution is 5.83. The lowest BCUT2D eigenvalue weighted by atomic mass is 9.87. The zero-order valence-electron chi connectivity index (χ0n) is 9.83. The van der Waals surface area contributed by atoms with Gasteiger partial charge < -0.3 is 10.1 Å². The predicted octanol–water partition coefficient (Wildman–Crippen LogP) is 1.52. The summed E-state index contributed by atoms with van der Waals surface area (Å²) in [6.45, 7) is 3.45.